The van der Waals surface area contributed by atoms with Gasteiger partial charge in [0, 0.05) is 5.56 Å². The number of nitrogens with zero attached hydrogens (tertiary/aromatic N) is 3. The number of carbonyl (C=O) groups is 1. The zero-order chi connectivity index (χ0) is 14.1. The summed E-state index contributed by atoms with van der Waals surface area (Å²) in [7, 11) is 1.59. The van der Waals surface area contributed by atoms with Crippen molar-refractivity contribution in [1.82, 2.24) is 14.4 Å². The van der Waals surface area contributed by atoms with Gasteiger partial charge in [-0.05, 0) is 24.3 Å². The van der Waals surface area contributed by atoms with Crippen LogP contribution in [0.2, 0.25) is 0 Å². The van der Waals surface area contributed by atoms with Crippen LogP contribution in [0.5, 0.6) is 5.75 Å². The minimum Gasteiger partial charge on any atom is -0.497 e. The Bertz CT molecular complexity index is 778. The first-order valence-electron chi connectivity index (χ1n) is 5.90. The van der Waals surface area contributed by atoms with Gasteiger partial charge in [0.2, 0.25) is 5.82 Å². The molecule has 6 nitrogen and oxygen atoms in total. The fraction of sp³-hybridized carbons (Fsp3) is 0.0714. The van der Waals surface area contributed by atoms with Gasteiger partial charge in [0.25, 0.3) is 0 Å². The maximum absolute atomic E-state index is 11.2. The molecule has 0 aliphatic carbocycles. The van der Waals surface area contributed by atoms with Crippen molar-refractivity contribution in [3.63, 3.8) is 0 Å². The number of aromatic nitrogens is 3. The highest BCUT2D eigenvalue weighted by atomic mass is 16.5. The molecule has 0 amide bonds. The van der Waals surface area contributed by atoms with Crippen LogP contribution in [0.15, 0.2) is 42.9 Å². The van der Waals surface area contributed by atoms with Crippen molar-refractivity contribution in [2.75, 3.05) is 7.11 Å². The summed E-state index contributed by atoms with van der Waals surface area (Å²) >= 11 is 0. The van der Waals surface area contributed by atoms with Gasteiger partial charge in [0.15, 0.2) is 0 Å². The van der Waals surface area contributed by atoms with Crippen molar-refractivity contribution < 1.29 is 14.6 Å². The lowest BCUT2D eigenvalue weighted by Crippen LogP contribution is -2.06. The second-order valence-electron chi connectivity index (χ2n) is 4.17. The molecule has 2 aromatic heterocycles. The molecule has 0 atom stereocenters. The van der Waals surface area contributed by atoms with E-state index in [9.17, 15) is 9.90 Å². The Balaban J connectivity index is 2.24. The molecule has 0 saturated carbocycles. The van der Waals surface area contributed by atoms with Crippen LogP contribution >= 0.6 is 0 Å². The van der Waals surface area contributed by atoms with Crippen molar-refractivity contribution >= 4 is 11.5 Å². The van der Waals surface area contributed by atoms with E-state index in [4.69, 9.17) is 4.74 Å². The third-order valence-electron chi connectivity index (χ3n) is 3.01. The average Bonchev–Trinajstić information content (AvgIpc) is 2.91. The number of ether oxygens (including phenoxy) is 1. The van der Waals surface area contributed by atoms with E-state index in [1.165, 1.54) is 6.20 Å². The highest BCUT2D eigenvalue weighted by Crippen LogP contribution is 2.23. The first kappa shape index (κ1) is 12.2. The number of fused-ring (bicyclic) bond motifs is 1. The van der Waals surface area contributed by atoms with Gasteiger partial charge in [-0.15, -0.1) is 0 Å². The zero-order valence-electron chi connectivity index (χ0n) is 10.6. The van der Waals surface area contributed by atoms with E-state index in [2.05, 4.69) is 9.97 Å². The number of carboxylic acids is 1. The molecule has 3 aromatic rings. The molecule has 100 valence electrons. The molecule has 2 heterocycles. The van der Waals surface area contributed by atoms with Crippen LogP contribution in [-0.2, 0) is 0 Å². The summed E-state index contributed by atoms with van der Waals surface area (Å²) in [6, 6.07) is 7.32. The lowest BCUT2D eigenvalue weighted by atomic mass is 10.1. The Morgan fingerprint density at radius 1 is 1.20 bits per heavy atom. The largest absolute Gasteiger partial charge is 0.497 e. The van der Waals surface area contributed by atoms with E-state index in [1.54, 1.807) is 23.9 Å². The smallest absolute Gasteiger partial charge is 0.372 e. The van der Waals surface area contributed by atoms with Gasteiger partial charge in [-0.2, -0.15) is 0 Å². The SMILES string of the molecule is COc1ccc(-c2cncc3cnc(C(=O)O)n23)cc1. The van der Waals surface area contributed by atoms with Crippen LogP contribution in [-0.4, -0.2) is 32.6 Å². The Morgan fingerprint density at radius 2 is 1.95 bits per heavy atom. The van der Waals surface area contributed by atoms with Crippen molar-refractivity contribution in [2.45, 2.75) is 0 Å². The standard InChI is InChI=1S/C14H11N3O3/c1-20-11-4-2-9(3-5-11)12-8-15-6-10-7-16-13(14(18)19)17(10)12/h2-8H,1H3,(H,18,19). The Hall–Kier alpha value is -2.89. The van der Waals surface area contributed by atoms with Gasteiger partial charge in [-0.1, -0.05) is 0 Å². The molecule has 0 spiro atoms. The van der Waals surface area contributed by atoms with Crippen molar-refractivity contribution in [1.29, 1.82) is 0 Å². The molecule has 0 fully saturated rings. The van der Waals surface area contributed by atoms with E-state index >= 15 is 0 Å². The maximum atomic E-state index is 11.2. The molecule has 0 bridgehead atoms. The highest BCUT2D eigenvalue weighted by molar-refractivity contribution is 5.86. The fourth-order valence-electron chi connectivity index (χ4n) is 2.07. The number of methoxy groups -OCH3 is 1. The normalized spacial score (nSPS) is 10.7. The molecule has 0 saturated heterocycles. The van der Waals surface area contributed by atoms with Crippen LogP contribution in [0.25, 0.3) is 16.8 Å². The van der Waals surface area contributed by atoms with E-state index in [0.717, 1.165) is 11.3 Å². The van der Waals surface area contributed by atoms with E-state index in [-0.39, 0.29) is 5.82 Å². The molecule has 0 unspecified atom stereocenters. The molecule has 3 rings (SSSR count). The second-order valence-corrected chi connectivity index (χ2v) is 4.17. The summed E-state index contributed by atoms with van der Waals surface area (Å²) in [6.45, 7) is 0. The number of carboxylic acid groups (broad SMARTS) is 1. The van der Waals surface area contributed by atoms with Crippen LogP contribution in [0.1, 0.15) is 10.6 Å². The van der Waals surface area contributed by atoms with Crippen LogP contribution < -0.4 is 4.74 Å². The molecular weight excluding hydrogens is 258 g/mol. The summed E-state index contributed by atoms with van der Waals surface area (Å²) < 4.78 is 6.68. The molecule has 1 N–H and O–H groups in total. The molecule has 6 heteroatoms. The number of aromatic carboxylic acids is 1. The van der Waals surface area contributed by atoms with Crippen molar-refractivity contribution in [3.8, 4) is 17.0 Å². The monoisotopic (exact) mass is 269 g/mol. The number of hydrogen-bond acceptors (Lipinski definition) is 4. The van der Waals surface area contributed by atoms with Crippen LogP contribution in [0, 0.1) is 0 Å². The van der Waals surface area contributed by atoms with Gasteiger partial charge in [-0.25, -0.2) is 9.78 Å². The number of imidazole rings is 1. The third-order valence-corrected chi connectivity index (χ3v) is 3.01. The second kappa shape index (κ2) is 4.65. The Kier molecular flexibility index (Phi) is 2.83. The molecule has 1 aromatic carbocycles. The van der Waals surface area contributed by atoms with E-state index in [0.29, 0.717) is 11.2 Å². The maximum Gasteiger partial charge on any atom is 0.372 e. The predicted molar refractivity (Wildman–Crippen MR) is 71.9 cm³/mol. The first-order chi connectivity index (χ1) is 9.70. The number of hydrogen-bond donors (Lipinski definition) is 1. The van der Waals surface area contributed by atoms with Gasteiger partial charge in [0.1, 0.15) is 5.75 Å². The quantitative estimate of drug-likeness (QED) is 0.788. The summed E-state index contributed by atoms with van der Waals surface area (Å²) in [5, 5.41) is 9.20. The van der Waals surface area contributed by atoms with Gasteiger partial charge < -0.3 is 9.84 Å². The summed E-state index contributed by atoms with van der Waals surface area (Å²) in [4.78, 5) is 19.3. The van der Waals surface area contributed by atoms with Gasteiger partial charge >= 0.3 is 5.97 Å². The summed E-state index contributed by atoms with van der Waals surface area (Å²) in [6.07, 6.45) is 4.68. The highest BCUT2D eigenvalue weighted by Gasteiger charge is 2.15. The molecule has 0 aliphatic heterocycles. The zero-order valence-corrected chi connectivity index (χ0v) is 10.6. The summed E-state index contributed by atoms with van der Waals surface area (Å²) in [5.41, 5.74) is 2.14. The lowest BCUT2D eigenvalue weighted by molar-refractivity contribution is 0.0683. The molecular formula is C14H11N3O3. The number of rotatable bonds is 3. The Labute approximate surface area is 114 Å². The summed E-state index contributed by atoms with van der Waals surface area (Å²) in [5.74, 6) is -0.378. The topological polar surface area (TPSA) is 76.7 Å². The van der Waals surface area contributed by atoms with E-state index in [1.807, 2.05) is 24.3 Å². The van der Waals surface area contributed by atoms with Gasteiger partial charge in [0.05, 0.1) is 36.9 Å². The molecule has 20 heavy (non-hydrogen) atoms. The van der Waals surface area contributed by atoms with Crippen LogP contribution in [0.4, 0.5) is 0 Å². The van der Waals surface area contributed by atoms with Crippen molar-refractivity contribution in [3.05, 3.63) is 48.7 Å². The van der Waals surface area contributed by atoms with E-state index < -0.39 is 5.97 Å². The molecule has 0 radical (unpaired) electrons. The Morgan fingerprint density at radius 3 is 2.60 bits per heavy atom. The third kappa shape index (κ3) is 1.87. The fourth-order valence-corrected chi connectivity index (χ4v) is 2.07. The number of benzene rings is 1. The lowest BCUT2D eigenvalue weighted by Gasteiger charge is -2.07. The minimum absolute atomic E-state index is 0.0341. The minimum atomic E-state index is -1.08. The van der Waals surface area contributed by atoms with Crippen molar-refractivity contribution in [2.24, 2.45) is 0 Å². The van der Waals surface area contributed by atoms with Crippen LogP contribution in [0.3, 0.4) is 0 Å². The first-order valence-corrected chi connectivity index (χ1v) is 5.90. The molecule has 0 aliphatic rings. The van der Waals surface area contributed by atoms with Gasteiger partial charge in [-0.3, -0.25) is 9.38 Å². The predicted octanol–water partition coefficient (Wildman–Crippen LogP) is 2.10. The average molecular weight is 269 g/mol.